The van der Waals surface area contributed by atoms with Crippen molar-refractivity contribution in [3.63, 3.8) is 0 Å². The maximum Gasteiger partial charge on any atom is 0.153 e. The van der Waals surface area contributed by atoms with Gasteiger partial charge in [0.1, 0.15) is 0 Å². The predicted octanol–water partition coefficient (Wildman–Crippen LogP) is 1.36. The van der Waals surface area contributed by atoms with Gasteiger partial charge in [0.25, 0.3) is 0 Å². The molecule has 2 N–H and O–H groups in total. The Kier molecular flexibility index (Phi) is 6.02. The Bertz CT molecular complexity index is 254. The standard InChI is InChI=1S/C9H19NO2S.ClH/c1-2-13(11,12)9-6-4-3-5-8(9)7-10;/h8-9H,2-7,10H2,1H3;1H. The number of sulfone groups is 1. The van der Waals surface area contributed by atoms with E-state index in [1.54, 1.807) is 6.92 Å². The van der Waals surface area contributed by atoms with Crippen molar-refractivity contribution in [2.45, 2.75) is 37.9 Å². The quantitative estimate of drug-likeness (QED) is 0.812. The van der Waals surface area contributed by atoms with Crippen molar-refractivity contribution in [1.29, 1.82) is 0 Å². The molecule has 0 aromatic heterocycles. The Morgan fingerprint density at radius 1 is 1.29 bits per heavy atom. The molecule has 0 bridgehead atoms. The van der Waals surface area contributed by atoms with Gasteiger partial charge in [0.15, 0.2) is 9.84 Å². The lowest BCUT2D eigenvalue weighted by Crippen LogP contribution is -2.37. The molecule has 0 aromatic carbocycles. The minimum absolute atomic E-state index is 0. The van der Waals surface area contributed by atoms with Crippen LogP contribution in [0.15, 0.2) is 0 Å². The van der Waals surface area contributed by atoms with E-state index in [1.165, 1.54) is 0 Å². The summed E-state index contributed by atoms with van der Waals surface area (Å²) in [5.74, 6) is 0.465. The van der Waals surface area contributed by atoms with Gasteiger partial charge in [0.2, 0.25) is 0 Å². The van der Waals surface area contributed by atoms with Crippen molar-refractivity contribution in [1.82, 2.24) is 0 Å². The molecule has 14 heavy (non-hydrogen) atoms. The number of nitrogens with two attached hydrogens (primary N) is 1. The molecule has 1 aliphatic carbocycles. The average molecular weight is 242 g/mol. The molecule has 3 nitrogen and oxygen atoms in total. The highest BCUT2D eigenvalue weighted by molar-refractivity contribution is 7.92. The first-order valence-electron chi connectivity index (χ1n) is 5.03. The molecule has 86 valence electrons. The van der Waals surface area contributed by atoms with Gasteiger partial charge in [-0.3, -0.25) is 0 Å². The lowest BCUT2D eigenvalue weighted by Gasteiger charge is -2.29. The van der Waals surface area contributed by atoms with Gasteiger partial charge in [0.05, 0.1) is 5.25 Å². The Morgan fingerprint density at radius 2 is 1.86 bits per heavy atom. The summed E-state index contributed by atoms with van der Waals surface area (Å²) in [6.45, 7) is 2.24. The van der Waals surface area contributed by atoms with Crippen molar-refractivity contribution >= 4 is 22.2 Å². The number of halogens is 1. The topological polar surface area (TPSA) is 60.2 Å². The van der Waals surface area contributed by atoms with Gasteiger partial charge >= 0.3 is 0 Å². The fourth-order valence-corrected chi connectivity index (χ4v) is 3.92. The maximum atomic E-state index is 11.7. The van der Waals surface area contributed by atoms with Crippen molar-refractivity contribution in [3.8, 4) is 0 Å². The maximum absolute atomic E-state index is 11.7. The van der Waals surface area contributed by atoms with Crippen LogP contribution in [0.2, 0.25) is 0 Å². The largest absolute Gasteiger partial charge is 0.330 e. The predicted molar refractivity (Wildman–Crippen MR) is 61.5 cm³/mol. The molecule has 0 saturated heterocycles. The molecule has 0 aromatic rings. The third-order valence-corrected chi connectivity index (χ3v) is 5.35. The van der Waals surface area contributed by atoms with Gasteiger partial charge in [-0.25, -0.2) is 8.42 Å². The molecule has 2 unspecified atom stereocenters. The van der Waals surface area contributed by atoms with Crippen LogP contribution in [-0.2, 0) is 9.84 Å². The number of rotatable bonds is 3. The molecule has 2 atom stereocenters. The van der Waals surface area contributed by atoms with E-state index in [4.69, 9.17) is 5.73 Å². The second kappa shape index (κ2) is 5.93. The zero-order valence-electron chi connectivity index (χ0n) is 8.61. The summed E-state index contributed by atoms with van der Waals surface area (Å²) < 4.78 is 23.3. The fourth-order valence-electron chi connectivity index (χ4n) is 2.13. The minimum atomic E-state index is -2.86. The summed E-state index contributed by atoms with van der Waals surface area (Å²) in [5, 5.41) is -0.156. The highest BCUT2D eigenvalue weighted by Crippen LogP contribution is 2.29. The van der Waals surface area contributed by atoms with Gasteiger partial charge in [-0.2, -0.15) is 0 Å². The van der Waals surface area contributed by atoms with E-state index in [0.29, 0.717) is 6.54 Å². The van der Waals surface area contributed by atoms with E-state index in [0.717, 1.165) is 25.7 Å². The van der Waals surface area contributed by atoms with Gasteiger partial charge in [0, 0.05) is 5.75 Å². The first-order valence-corrected chi connectivity index (χ1v) is 6.75. The average Bonchev–Trinajstić information content (AvgIpc) is 2.18. The molecule has 0 spiro atoms. The molecular formula is C9H20ClNO2S. The Labute approximate surface area is 92.8 Å². The summed E-state index contributed by atoms with van der Waals surface area (Å²) >= 11 is 0. The summed E-state index contributed by atoms with van der Waals surface area (Å²) in [6.07, 6.45) is 3.98. The molecule has 0 aliphatic heterocycles. The molecule has 0 amide bonds. The van der Waals surface area contributed by atoms with Crippen LogP contribution >= 0.6 is 12.4 Å². The van der Waals surface area contributed by atoms with Crippen LogP contribution in [0.5, 0.6) is 0 Å². The van der Waals surface area contributed by atoms with E-state index in [2.05, 4.69) is 0 Å². The summed E-state index contributed by atoms with van der Waals surface area (Å²) in [4.78, 5) is 0. The molecule has 0 heterocycles. The molecule has 0 radical (unpaired) electrons. The van der Waals surface area contributed by atoms with Crippen LogP contribution in [0.4, 0.5) is 0 Å². The van der Waals surface area contributed by atoms with E-state index in [-0.39, 0.29) is 29.3 Å². The highest BCUT2D eigenvalue weighted by Gasteiger charge is 2.33. The third-order valence-electron chi connectivity index (χ3n) is 3.01. The smallest absolute Gasteiger partial charge is 0.153 e. The van der Waals surface area contributed by atoms with Crippen LogP contribution in [0.25, 0.3) is 0 Å². The number of hydrogen-bond donors (Lipinski definition) is 1. The summed E-state index contributed by atoms with van der Waals surface area (Å²) in [7, 11) is -2.86. The summed E-state index contributed by atoms with van der Waals surface area (Å²) in [6, 6.07) is 0. The molecular weight excluding hydrogens is 222 g/mol. The molecule has 1 fully saturated rings. The Morgan fingerprint density at radius 3 is 2.36 bits per heavy atom. The molecule has 5 heteroatoms. The van der Waals surface area contributed by atoms with Crippen LogP contribution in [0.1, 0.15) is 32.6 Å². The second-order valence-corrected chi connectivity index (χ2v) is 6.28. The lowest BCUT2D eigenvalue weighted by molar-refractivity contribution is 0.363. The molecule has 1 saturated carbocycles. The van der Waals surface area contributed by atoms with Gasteiger partial charge in [-0.15, -0.1) is 12.4 Å². The lowest BCUT2D eigenvalue weighted by atomic mass is 9.89. The fraction of sp³-hybridized carbons (Fsp3) is 1.00. The monoisotopic (exact) mass is 241 g/mol. The zero-order chi connectivity index (χ0) is 9.90. The van der Waals surface area contributed by atoms with Gasteiger partial charge < -0.3 is 5.73 Å². The highest BCUT2D eigenvalue weighted by atomic mass is 35.5. The van der Waals surface area contributed by atoms with E-state index in [9.17, 15) is 8.42 Å². The van der Waals surface area contributed by atoms with Crippen LogP contribution in [0.3, 0.4) is 0 Å². The van der Waals surface area contributed by atoms with Gasteiger partial charge in [-0.05, 0) is 25.3 Å². The Balaban J connectivity index is 0.00000169. The summed E-state index contributed by atoms with van der Waals surface area (Å²) in [5.41, 5.74) is 5.58. The van der Waals surface area contributed by atoms with E-state index >= 15 is 0 Å². The van der Waals surface area contributed by atoms with Crippen LogP contribution in [-0.4, -0.2) is 26.0 Å². The molecule has 1 aliphatic rings. The SMILES string of the molecule is CCS(=O)(=O)C1CCCCC1CN.Cl. The van der Waals surface area contributed by atoms with Crippen molar-refractivity contribution in [2.75, 3.05) is 12.3 Å². The molecule has 1 rings (SSSR count). The van der Waals surface area contributed by atoms with Gasteiger partial charge in [-0.1, -0.05) is 19.8 Å². The van der Waals surface area contributed by atoms with Crippen molar-refractivity contribution < 1.29 is 8.42 Å². The van der Waals surface area contributed by atoms with E-state index in [1.807, 2.05) is 0 Å². The van der Waals surface area contributed by atoms with Crippen molar-refractivity contribution in [3.05, 3.63) is 0 Å². The Hall–Kier alpha value is 0.200. The first kappa shape index (κ1) is 14.2. The second-order valence-electron chi connectivity index (χ2n) is 3.77. The zero-order valence-corrected chi connectivity index (χ0v) is 10.2. The first-order chi connectivity index (χ1) is 6.11. The van der Waals surface area contributed by atoms with Crippen LogP contribution in [0, 0.1) is 5.92 Å². The van der Waals surface area contributed by atoms with Crippen LogP contribution < -0.4 is 5.73 Å². The minimum Gasteiger partial charge on any atom is -0.330 e. The van der Waals surface area contributed by atoms with E-state index < -0.39 is 9.84 Å². The third kappa shape index (κ3) is 3.11. The normalized spacial score (nSPS) is 28.1. The number of hydrogen-bond acceptors (Lipinski definition) is 3. The van der Waals surface area contributed by atoms with Crippen molar-refractivity contribution in [2.24, 2.45) is 11.7 Å².